The van der Waals surface area contributed by atoms with Crippen LogP contribution in [-0.2, 0) is 28.9 Å². The first-order chi connectivity index (χ1) is 20.4. The number of nitrogens with one attached hydrogen (secondary N) is 1. The molecule has 0 spiro atoms. The Bertz CT molecular complexity index is 1500. The number of hydrogen-bond donors (Lipinski definition) is 1. The summed E-state index contributed by atoms with van der Waals surface area (Å²) in [5.41, 5.74) is 4.66. The number of nitrogens with zero attached hydrogens (tertiary/aromatic N) is 2. The molecule has 1 unspecified atom stereocenters. The summed E-state index contributed by atoms with van der Waals surface area (Å²) < 4.78 is 33.9. The Morgan fingerprint density at radius 1 is 1.02 bits per heavy atom. The Hall–Kier alpha value is -4.24. The molecule has 9 heteroatoms. The lowest BCUT2D eigenvalue weighted by Crippen LogP contribution is -2.42. The van der Waals surface area contributed by atoms with E-state index in [-0.39, 0.29) is 17.5 Å². The molecule has 0 aliphatic rings. The maximum atomic E-state index is 13.7. The van der Waals surface area contributed by atoms with Crippen LogP contribution >= 0.6 is 11.8 Å². The van der Waals surface area contributed by atoms with Gasteiger partial charge in [0.1, 0.15) is 17.7 Å². The third-order valence-electron chi connectivity index (χ3n) is 6.84. The number of esters is 1. The molecule has 218 valence electrons. The lowest BCUT2D eigenvalue weighted by Gasteiger charge is -2.18. The molecular weight excluding hydrogens is 556 g/mol. The molecular formula is C33H33F2N3O3S. The van der Waals surface area contributed by atoms with Crippen molar-refractivity contribution in [3.63, 3.8) is 0 Å². The lowest BCUT2D eigenvalue weighted by molar-refractivity contribution is -0.142. The van der Waals surface area contributed by atoms with Crippen LogP contribution in [0, 0.1) is 11.6 Å². The SMILES string of the molecule is COC(=O)C(CCSC)NC(=O)c1cc(/C=C(\Cn2ccnc2)c2ccc(F)cc2)ccc1CCc1ccc(F)cc1. The van der Waals surface area contributed by atoms with Crippen molar-refractivity contribution in [3.8, 4) is 0 Å². The van der Waals surface area contributed by atoms with E-state index >= 15 is 0 Å². The first-order valence-corrected chi connectivity index (χ1v) is 14.9. The van der Waals surface area contributed by atoms with Crippen molar-refractivity contribution >= 4 is 35.3 Å². The van der Waals surface area contributed by atoms with Gasteiger partial charge in [-0.05, 0) is 95.5 Å². The number of methoxy groups -OCH3 is 1. The smallest absolute Gasteiger partial charge is 0.328 e. The second-order valence-corrected chi connectivity index (χ2v) is 10.8. The molecule has 0 radical (unpaired) electrons. The Morgan fingerprint density at radius 3 is 2.38 bits per heavy atom. The summed E-state index contributed by atoms with van der Waals surface area (Å²) in [6, 6.07) is 17.4. The maximum Gasteiger partial charge on any atom is 0.328 e. The molecule has 1 amide bonds. The number of imidazole rings is 1. The Morgan fingerprint density at radius 2 is 1.74 bits per heavy atom. The summed E-state index contributed by atoms with van der Waals surface area (Å²) in [5.74, 6) is -0.835. The first kappa shape index (κ1) is 30.7. The fourth-order valence-corrected chi connectivity index (χ4v) is 5.04. The fourth-order valence-electron chi connectivity index (χ4n) is 4.57. The molecule has 1 atom stereocenters. The predicted octanol–water partition coefficient (Wildman–Crippen LogP) is 6.21. The van der Waals surface area contributed by atoms with Crippen LogP contribution in [0.4, 0.5) is 8.78 Å². The van der Waals surface area contributed by atoms with Gasteiger partial charge in [-0.1, -0.05) is 36.4 Å². The number of carbonyl (C=O) groups excluding carboxylic acids is 2. The van der Waals surface area contributed by atoms with Crippen LogP contribution in [0.3, 0.4) is 0 Å². The molecule has 1 N–H and O–H groups in total. The zero-order valence-electron chi connectivity index (χ0n) is 23.6. The number of hydrogen-bond acceptors (Lipinski definition) is 5. The molecule has 42 heavy (non-hydrogen) atoms. The molecule has 0 fully saturated rings. The van der Waals surface area contributed by atoms with E-state index < -0.39 is 12.0 Å². The maximum absolute atomic E-state index is 13.7. The molecule has 3 aromatic carbocycles. The van der Waals surface area contributed by atoms with Crippen LogP contribution in [-0.4, -0.2) is 46.6 Å². The van der Waals surface area contributed by atoms with Crippen molar-refractivity contribution < 1.29 is 23.1 Å². The van der Waals surface area contributed by atoms with Gasteiger partial charge in [-0.3, -0.25) is 4.79 Å². The minimum absolute atomic E-state index is 0.304. The molecule has 0 aliphatic carbocycles. The molecule has 4 rings (SSSR count). The fraction of sp³-hybridized carbons (Fsp3) is 0.242. The van der Waals surface area contributed by atoms with E-state index in [2.05, 4.69) is 10.3 Å². The van der Waals surface area contributed by atoms with Gasteiger partial charge in [-0.2, -0.15) is 11.8 Å². The quantitative estimate of drug-likeness (QED) is 0.148. The summed E-state index contributed by atoms with van der Waals surface area (Å²) in [7, 11) is 1.30. The molecule has 4 aromatic rings. The minimum atomic E-state index is -0.782. The largest absolute Gasteiger partial charge is 0.467 e. The van der Waals surface area contributed by atoms with E-state index in [0.29, 0.717) is 37.1 Å². The molecule has 0 saturated carbocycles. The third-order valence-corrected chi connectivity index (χ3v) is 7.49. The molecule has 0 saturated heterocycles. The standard InChI is InChI=1S/C33H33F2N3O3S/c1-41-33(40)31(15-18-42-2)37-32(39)30-20-24(4-8-26(30)7-3-23-5-11-28(34)12-6-23)19-27(21-38-17-16-36-22-38)25-9-13-29(35)14-10-25/h4-6,8-14,16-17,19-20,22,31H,3,7,15,18,21H2,1-2H3,(H,37,39)/b27-19+. The van der Waals surface area contributed by atoms with E-state index in [1.165, 1.54) is 31.4 Å². The minimum Gasteiger partial charge on any atom is -0.467 e. The number of aromatic nitrogens is 2. The van der Waals surface area contributed by atoms with Crippen LogP contribution in [0.2, 0.25) is 0 Å². The molecule has 0 aliphatic heterocycles. The lowest BCUT2D eigenvalue weighted by atomic mass is 9.95. The van der Waals surface area contributed by atoms with Gasteiger partial charge in [-0.15, -0.1) is 0 Å². The van der Waals surface area contributed by atoms with Crippen LogP contribution in [0.25, 0.3) is 11.6 Å². The van der Waals surface area contributed by atoms with E-state index in [0.717, 1.165) is 27.8 Å². The second kappa shape index (κ2) is 15.1. The summed E-state index contributed by atoms with van der Waals surface area (Å²) in [6.07, 6.45) is 10.7. The number of ether oxygens (including phenoxy) is 1. The zero-order chi connectivity index (χ0) is 29.9. The second-order valence-electron chi connectivity index (χ2n) is 9.79. The number of allylic oxidation sites excluding steroid dienone is 1. The zero-order valence-corrected chi connectivity index (χ0v) is 24.4. The first-order valence-electron chi connectivity index (χ1n) is 13.5. The summed E-state index contributed by atoms with van der Waals surface area (Å²) in [4.78, 5) is 30.2. The summed E-state index contributed by atoms with van der Waals surface area (Å²) in [6.45, 7) is 0.485. The highest BCUT2D eigenvalue weighted by Crippen LogP contribution is 2.24. The van der Waals surface area contributed by atoms with Crippen LogP contribution in [0.1, 0.15) is 39.0 Å². The van der Waals surface area contributed by atoms with Gasteiger partial charge in [0.2, 0.25) is 0 Å². The number of thioether (sulfide) groups is 1. The molecule has 1 heterocycles. The molecule has 1 aromatic heterocycles. The number of amides is 1. The molecule has 6 nitrogen and oxygen atoms in total. The topological polar surface area (TPSA) is 73.2 Å². The number of carbonyl (C=O) groups is 2. The third kappa shape index (κ3) is 8.63. The van der Waals surface area contributed by atoms with Crippen molar-refractivity contribution in [1.82, 2.24) is 14.9 Å². The van der Waals surface area contributed by atoms with Crippen molar-refractivity contribution in [3.05, 3.63) is 125 Å². The average molecular weight is 590 g/mol. The highest BCUT2D eigenvalue weighted by atomic mass is 32.2. The predicted molar refractivity (Wildman–Crippen MR) is 163 cm³/mol. The van der Waals surface area contributed by atoms with Gasteiger partial charge in [0.05, 0.1) is 13.4 Å². The van der Waals surface area contributed by atoms with Crippen LogP contribution in [0.5, 0.6) is 0 Å². The highest BCUT2D eigenvalue weighted by Gasteiger charge is 2.23. The normalized spacial score (nSPS) is 12.1. The van der Waals surface area contributed by atoms with Gasteiger partial charge in [0.15, 0.2) is 0 Å². The van der Waals surface area contributed by atoms with E-state index in [1.54, 1.807) is 54.6 Å². The number of benzene rings is 3. The van der Waals surface area contributed by atoms with E-state index in [9.17, 15) is 18.4 Å². The number of aryl methyl sites for hydroxylation is 2. The Kier molecular flexibility index (Phi) is 11.1. The average Bonchev–Trinajstić information content (AvgIpc) is 3.52. The van der Waals surface area contributed by atoms with Gasteiger partial charge < -0.3 is 14.6 Å². The van der Waals surface area contributed by atoms with Gasteiger partial charge in [-0.25, -0.2) is 18.6 Å². The summed E-state index contributed by atoms with van der Waals surface area (Å²) in [5, 5.41) is 2.87. The summed E-state index contributed by atoms with van der Waals surface area (Å²) >= 11 is 1.58. The van der Waals surface area contributed by atoms with E-state index in [4.69, 9.17) is 4.74 Å². The highest BCUT2D eigenvalue weighted by molar-refractivity contribution is 7.98. The van der Waals surface area contributed by atoms with Crippen molar-refractivity contribution in [1.29, 1.82) is 0 Å². The van der Waals surface area contributed by atoms with Gasteiger partial charge in [0.25, 0.3) is 5.91 Å². The Balaban J connectivity index is 1.70. The van der Waals surface area contributed by atoms with Crippen LogP contribution < -0.4 is 5.32 Å². The Labute approximate surface area is 248 Å². The molecule has 0 bridgehead atoms. The van der Waals surface area contributed by atoms with Crippen LogP contribution in [0.15, 0.2) is 85.5 Å². The van der Waals surface area contributed by atoms with Crippen molar-refractivity contribution in [2.75, 3.05) is 19.1 Å². The monoisotopic (exact) mass is 589 g/mol. The van der Waals surface area contributed by atoms with Gasteiger partial charge in [0, 0.05) is 24.5 Å². The van der Waals surface area contributed by atoms with E-state index in [1.807, 2.05) is 35.2 Å². The number of rotatable bonds is 13. The number of halogens is 2. The van der Waals surface area contributed by atoms with Crippen molar-refractivity contribution in [2.45, 2.75) is 31.8 Å². The van der Waals surface area contributed by atoms with Crippen molar-refractivity contribution in [2.24, 2.45) is 0 Å². The van der Waals surface area contributed by atoms with Gasteiger partial charge >= 0.3 is 5.97 Å².